The Morgan fingerprint density at radius 2 is 1.85 bits per heavy atom. The zero-order valence-corrected chi connectivity index (χ0v) is 15.9. The lowest BCUT2D eigenvalue weighted by Gasteiger charge is -2.21. The Hall–Kier alpha value is -2.14. The molecule has 1 fully saturated rings. The summed E-state index contributed by atoms with van der Waals surface area (Å²) >= 11 is 3.45. The van der Waals surface area contributed by atoms with Crippen molar-refractivity contribution in [2.24, 2.45) is 5.92 Å². The van der Waals surface area contributed by atoms with Crippen LogP contribution in [0, 0.1) is 5.92 Å². The van der Waals surface area contributed by atoms with E-state index in [1.807, 2.05) is 30.3 Å². The molecule has 0 atom stereocenters. The molecule has 0 spiro atoms. The van der Waals surface area contributed by atoms with Gasteiger partial charge in [0.15, 0.2) is 12.4 Å². The first-order valence-corrected chi connectivity index (χ1v) is 9.66. The molecule has 0 unspecified atom stereocenters. The van der Waals surface area contributed by atoms with Gasteiger partial charge in [-0.2, -0.15) is 0 Å². The fourth-order valence-electron chi connectivity index (χ4n) is 3.64. The number of hydrogen-bond donors (Lipinski definition) is 0. The molecule has 0 aromatic heterocycles. The fourth-order valence-corrected chi connectivity index (χ4v) is 3.98. The molecule has 0 saturated heterocycles. The van der Waals surface area contributed by atoms with Crippen molar-refractivity contribution in [3.63, 3.8) is 0 Å². The average Bonchev–Trinajstić information content (AvgIpc) is 3.19. The molecule has 0 bridgehead atoms. The van der Waals surface area contributed by atoms with Crippen molar-refractivity contribution in [1.29, 1.82) is 0 Å². The van der Waals surface area contributed by atoms with Gasteiger partial charge in [-0.15, -0.1) is 0 Å². The van der Waals surface area contributed by atoms with E-state index in [-0.39, 0.29) is 24.3 Å². The molecular formula is C21H19BrO4. The van der Waals surface area contributed by atoms with Gasteiger partial charge in [0.25, 0.3) is 0 Å². The standard InChI is InChI=1S/C21H19BrO4/c22-16-6-8-18-17-7-5-14(9-15(17)11-25-20(18)10-16)19(23)12-26-21(24)13-3-1-2-4-13/h5-10,13H,1-4,11-12H2. The molecule has 2 aromatic carbocycles. The molecule has 0 radical (unpaired) electrons. The van der Waals surface area contributed by atoms with Crippen LogP contribution in [-0.4, -0.2) is 18.4 Å². The van der Waals surface area contributed by atoms with Crippen LogP contribution in [-0.2, 0) is 16.1 Å². The molecule has 4 nitrogen and oxygen atoms in total. The third-order valence-electron chi connectivity index (χ3n) is 5.08. The summed E-state index contributed by atoms with van der Waals surface area (Å²) in [5.41, 5.74) is 3.60. The molecule has 4 rings (SSSR count). The van der Waals surface area contributed by atoms with Crippen molar-refractivity contribution in [2.45, 2.75) is 32.3 Å². The first-order valence-electron chi connectivity index (χ1n) is 8.87. The number of carbonyl (C=O) groups excluding carboxylic acids is 2. The maximum absolute atomic E-state index is 12.4. The van der Waals surface area contributed by atoms with Gasteiger partial charge in [0.05, 0.1) is 5.92 Å². The molecular weight excluding hydrogens is 396 g/mol. The smallest absolute Gasteiger partial charge is 0.309 e. The highest BCUT2D eigenvalue weighted by molar-refractivity contribution is 9.10. The van der Waals surface area contributed by atoms with Crippen LogP contribution in [0.1, 0.15) is 41.6 Å². The lowest BCUT2D eigenvalue weighted by Crippen LogP contribution is -2.19. The van der Waals surface area contributed by atoms with Crippen LogP contribution >= 0.6 is 15.9 Å². The Balaban J connectivity index is 1.48. The van der Waals surface area contributed by atoms with Crippen LogP contribution in [0.15, 0.2) is 40.9 Å². The molecule has 2 aromatic rings. The highest BCUT2D eigenvalue weighted by Crippen LogP contribution is 2.39. The van der Waals surface area contributed by atoms with Crippen molar-refractivity contribution in [2.75, 3.05) is 6.61 Å². The average molecular weight is 415 g/mol. The number of ketones is 1. The van der Waals surface area contributed by atoms with Gasteiger partial charge in [-0.1, -0.05) is 40.9 Å². The third-order valence-corrected chi connectivity index (χ3v) is 5.57. The normalized spacial score (nSPS) is 15.7. The molecule has 5 heteroatoms. The van der Waals surface area contributed by atoms with Gasteiger partial charge in [-0.25, -0.2) is 0 Å². The predicted molar refractivity (Wildman–Crippen MR) is 101 cm³/mol. The van der Waals surface area contributed by atoms with Crippen molar-refractivity contribution in [3.05, 3.63) is 52.0 Å². The number of carbonyl (C=O) groups is 2. The maximum Gasteiger partial charge on any atom is 0.309 e. The highest BCUT2D eigenvalue weighted by atomic mass is 79.9. The van der Waals surface area contributed by atoms with E-state index >= 15 is 0 Å². The van der Waals surface area contributed by atoms with Crippen LogP contribution < -0.4 is 4.74 Å². The Morgan fingerprint density at radius 3 is 2.65 bits per heavy atom. The summed E-state index contributed by atoms with van der Waals surface area (Å²) in [5, 5.41) is 0. The van der Waals surface area contributed by atoms with Gasteiger partial charge in [0, 0.05) is 15.6 Å². The Labute approximate surface area is 160 Å². The number of esters is 1. The molecule has 0 amide bonds. The van der Waals surface area contributed by atoms with E-state index in [1.54, 1.807) is 6.07 Å². The zero-order valence-electron chi connectivity index (χ0n) is 14.3. The number of rotatable bonds is 4. The monoisotopic (exact) mass is 414 g/mol. The minimum absolute atomic E-state index is 0.0319. The molecule has 1 saturated carbocycles. The van der Waals surface area contributed by atoms with Crippen molar-refractivity contribution >= 4 is 27.7 Å². The van der Waals surface area contributed by atoms with Gasteiger partial charge < -0.3 is 9.47 Å². The summed E-state index contributed by atoms with van der Waals surface area (Å²) in [7, 11) is 0. The van der Waals surface area contributed by atoms with Crippen LogP contribution in [0.4, 0.5) is 0 Å². The minimum atomic E-state index is -0.239. The quantitative estimate of drug-likeness (QED) is 0.525. The third kappa shape index (κ3) is 3.40. The Kier molecular flexibility index (Phi) is 4.81. The maximum atomic E-state index is 12.4. The van der Waals surface area contributed by atoms with E-state index < -0.39 is 0 Å². The van der Waals surface area contributed by atoms with E-state index in [0.29, 0.717) is 12.2 Å². The summed E-state index contributed by atoms with van der Waals surface area (Å²) in [6, 6.07) is 11.5. The summed E-state index contributed by atoms with van der Waals surface area (Å²) in [4.78, 5) is 24.4. The lowest BCUT2D eigenvalue weighted by atomic mass is 9.94. The number of benzene rings is 2. The van der Waals surface area contributed by atoms with E-state index in [1.165, 1.54) is 0 Å². The van der Waals surface area contributed by atoms with E-state index in [9.17, 15) is 9.59 Å². The van der Waals surface area contributed by atoms with E-state index in [4.69, 9.17) is 9.47 Å². The van der Waals surface area contributed by atoms with Gasteiger partial charge in [-0.3, -0.25) is 9.59 Å². The molecule has 1 aliphatic carbocycles. The highest BCUT2D eigenvalue weighted by Gasteiger charge is 2.25. The van der Waals surface area contributed by atoms with Crippen LogP contribution in [0.3, 0.4) is 0 Å². The van der Waals surface area contributed by atoms with E-state index in [0.717, 1.165) is 52.6 Å². The molecule has 1 aliphatic heterocycles. The second-order valence-electron chi connectivity index (χ2n) is 6.81. The summed E-state index contributed by atoms with van der Waals surface area (Å²) in [5.74, 6) is 0.379. The van der Waals surface area contributed by atoms with Crippen LogP contribution in [0.5, 0.6) is 5.75 Å². The Morgan fingerprint density at radius 1 is 1.08 bits per heavy atom. The summed E-state index contributed by atoms with van der Waals surface area (Å²) in [6.07, 6.45) is 3.88. The largest absolute Gasteiger partial charge is 0.488 e. The first kappa shape index (κ1) is 17.3. The van der Waals surface area contributed by atoms with E-state index in [2.05, 4.69) is 15.9 Å². The minimum Gasteiger partial charge on any atom is -0.488 e. The Bertz CT molecular complexity index is 868. The number of ether oxygens (including phenoxy) is 2. The van der Waals surface area contributed by atoms with Crippen molar-refractivity contribution in [1.82, 2.24) is 0 Å². The SMILES string of the molecule is O=C(COC(=O)C1CCCC1)c1ccc2c(c1)COc1cc(Br)ccc1-2. The summed E-state index contributed by atoms with van der Waals surface area (Å²) < 4.78 is 12.0. The number of fused-ring (bicyclic) bond motifs is 3. The molecule has 134 valence electrons. The second kappa shape index (κ2) is 7.23. The molecule has 0 N–H and O–H groups in total. The van der Waals surface area contributed by atoms with Gasteiger partial charge in [0.2, 0.25) is 0 Å². The number of halogens is 1. The van der Waals surface area contributed by atoms with Gasteiger partial charge >= 0.3 is 5.97 Å². The fraction of sp³-hybridized carbons (Fsp3) is 0.333. The van der Waals surface area contributed by atoms with Crippen LogP contribution in [0.2, 0.25) is 0 Å². The first-order chi connectivity index (χ1) is 12.6. The van der Waals surface area contributed by atoms with Crippen LogP contribution in [0.25, 0.3) is 11.1 Å². The molecule has 1 heterocycles. The second-order valence-corrected chi connectivity index (χ2v) is 7.73. The topological polar surface area (TPSA) is 52.6 Å². The number of Topliss-reactive ketones (excluding diaryl/α,β-unsaturated/α-hetero) is 1. The zero-order chi connectivity index (χ0) is 18.1. The van der Waals surface area contributed by atoms with Gasteiger partial charge in [0.1, 0.15) is 12.4 Å². The van der Waals surface area contributed by atoms with Crippen molar-refractivity contribution in [3.8, 4) is 16.9 Å². The molecule has 2 aliphatic rings. The summed E-state index contributed by atoms with van der Waals surface area (Å²) in [6.45, 7) is 0.222. The number of hydrogen-bond acceptors (Lipinski definition) is 4. The predicted octanol–water partition coefficient (Wildman–Crippen LogP) is 4.92. The lowest BCUT2D eigenvalue weighted by molar-refractivity contribution is -0.147. The van der Waals surface area contributed by atoms with Gasteiger partial charge in [-0.05, 0) is 48.2 Å². The van der Waals surface area contributed by atoms with Crippen molar-refractivity contribution < 1.29 is 19.1 Å². The molecule has 26 heavy (non-hydrogen) atoms.